The second-order valence-corrected chi connectivity index (χ2v) is 10.5. The largest absolute Gasteiger partial charge is 0.508 e. The number of hydrogen-bond acceptors (Lipinski definition) is 7. The zero-order valence-corrected chi connectivity index (χ0v) is 21.5. The number of aromatic hydroxyl groups is 1. The van der Waals surface area contributed by atoms with E-state index >= 15 is 0 Å². The average molecular weight is 476 g/mol. The summed E-state index contributed by atoms with van der Waals surface area (Å²) in [6.07, 6.45) is 3.19. The molecule has 0 aliphatic carbocycles. The Morgan fingerprint density at radius 2 is 1.86 bits per heavy atom. The van der Waals surface area contributed by atoms with E-state index in [1.165, 1.54) is 18.4 Å². The number of phenolic OH excluding ortho intramolecular Hbond substituents is 1. The van der Waals surface area contributed by atoms with Crippen molar-refractivity contribution >= 4 is 22.3 Å². The van der Waals surface area contributed by atoms with E-state index in [-0.39, 0.29) is 11.9 Å². The van der Waals surface area contributed by atoms with Crippen molar-refractivity contribution in [1.82, 2.24) is 14.9 Å². The van der Waals surface area contributed by atoms with Crippen molar-refractivity contribution in [3.63, 3.8) is 0 Å². The van der Waals surface area contributed by atoms with Crippen molar-refractivity contribution in [2.24, 2.45) is 0 Å². The van der Waals surface area contributed by atoms with Crippen molar-refractivity contribution in [3.8, 4) is 11.8 Å². The number of rotatable bonds is 6. The summed E-state index contributed by atoms with van der Waals surface area (Å²) in [7, 11) is 4.09. The molecule has 7 heteroatoms. The van der Waals surface area contributed by atoms with Crippen LogP contribution >= 0.6 is 0 Å². The Bertz CT molecular complexity index is 1200. The first kappa shape index (κ1) is 23.7. The number of ether oxygens (including phenoxy) is 1. The minimum Gasteiger partial charge on any atom is -0.508 e. The van der Waals surface area contributed by atoms with Crippen molar-refractivity contribution in [2.45, 2.75) is 64.8 Å². The lowest BCUT2D eigenvalue weighted by atomic mass is 10.0. The lowest BCUT2D eigenvalue weighted by Gasteiger charge is -2.35. The van der Waals surface area contributed by atoms with Crippen LogP contribution in [-0.2, 0) is 13.0 Å². The van der Waals surface area contributed by atoms with Crippen LogP contribution in [-0.4, -0.2) is 65.3 Å². The summed E-state index contributed by atoms with van der Waals surface area (Å²) in [5.41, 5.74) is 3.30. The van der Waals surface area contributed by atoms with Gasteiger partial charge in [-0.05, 0) is 65.6 Å². The van der Waals surface area contributed by atoms with Crippen molar-refractivity contribution in [2.75, 3.05) is 37.0 Å². The van der Waals surface area contributed by atoms with Crippen LogP contribution in [0.3, 0.4) is 0 Å². The first-order chi connectivity index (χ1) is 16.8. The molecule has 1 N–H and O–H groups in total. The van der Waals surface area contributed by atoms with Crippen LogP contribution in [0.5, 0.6) is 11.8 Å². The Morgan fingerprint density at radius 3 is 2.60 bits per heavy atom. The Morgan fingerprint density at radius 1 is 1.11 bits per heavy atom. The normalized spacial score (nSPS) is 21.0. The van der Waals surface area contributed by atoms with Gasteiger partial charge in [0.2, 0.25) is 0 Å². The summed E-state index contributed by atoms with van der Waals surface area (Å²) in [6.45, 7) is 8.96. The fraction of sp³-hybridized carbons (Fsp3) is 0.500. The molecule has 186 valence electrons. The standard InChI is InChI=1S/C28H37N5O2/c1-18-10-11-19(2)33(18)27-24-12-13-32(26-15-22(34)14-21-8-6-7-9-23(21)26)17-25(24)29-28(30-27)35-20(3)16-31(4)5/h6-9,14-15,18-20,34H,10-13,16-17H2,1-5H3. The van der Waals surface area contributed by atoms with Gasteiger partial charge in [0.15, 0.2) is 0 Å². The van der Waals surface area contributed by atoms with Gasteiger partial charge < -0.3 is 24.5 Å². The molecule has 1 aromatic heterocycles. The molecule has 1 saturated heterocycles. The summed E-state index contributed by atoms with van der Waals surface area (Å²) >= 11 is 0. The first-order valence-electron chi connectivity index (χ1n) is 12.8. The molecular weight excluding hydrogens is 438 g/mol. The van der Waals surface area contributed by atoms with Gasteiger partial charge in [0.25, 0.3) is 0 Å². The van der Waals surface area contributed by atoms with Crippen LogP contribution in [0.2, 0.25) is 0 Å². The molecule has 3 unspecified atom stereocenters. The molecule has 35 heavy (non-hydrogen) atoms. The molecule has 0 spiro atoms. The first-order valence-corrected chi connectivity index (χ1v) is 12.8. The molecule has 0 radical (unpaired) electrons. The van der Waals surface area contributed by atoms with Gasteiger partial charge >= 0.3 is 6.01 Å². The Kier molecular flexibility index (Phi) is 6.45. The minimum atomic E-state index is -0.0148. The minimum absolute atomic E-state index is 0.0148. The lowest BCUT2D eigenvalue weighted by molar-refractivity contribution is 0.163. The van der Waals surface area contributed by atoms with Crippen LogP contribution in [0, 0.1) is 0 Å². The number of nitrogens with zero attached hydrogens (tertiary/aromatic N) is 5. The second-order valence-electron chi connectivity index (χ2n) is 10.5. The topological polar surface area (TPSA) is 65.0 Å². The molecule has 5 rings (SSSR count). The maximum absolute atomic E-state index is 10.4. The highest BCUT2D eigenvalue weighted by atomic mass is 16.5. The Labute approximate surface area is 208 Å². The fourth-order valence-electron chi connectivity index (χ4n) is 5.74. The number of anilines is 2. The molecule has 0 bridgehead atoms. The maximum atomic E-state index is 10.4. The van der Waals surface area contributed by atoms with Crippen LogP contribution < -0.4 is 14.5 Å². The molecule has 3 heterocycles. The molecule has 3 aromatic rings. The third-order valence-electron chi connectivity index (χ3n) is 7.31. The summed E-state index contributed by atoms with van der Waals surface area (Å²) in [5.74, 6) is 1.33. The van der Waals surface area contributed by atoms with Gasteiger partial charge in [-0.2, -0.15) is 9.97 Å². The summed E-state index contributed by atoms with van der Waals surface area (Å²) < 4.78 is 6.24. The summed E-state index contributed by atoms with van der Waals surface area (Å²) in [6, 6.07) is 13.3. The molecule has 7 nitrogen and oxygen atoms in total. The average Bonchev–Trinajstić information content (AvgIpc) is 3.14. The van der Waals surface area contributed by atoms with E-state index in [1.54, 1.807) is 0 Å². The van der Waals surface area contributed by atoms with Gasteiger partial charge in [0.05, 0.1) is 12.2 Å². The Balaban J connectivity index is 1.54. The number of fused-ring (bicyclic) bond motifs is 2. The molecule has 2 aromatic carbocycles. The zero-order valence-electron chi connectivity index (χ0n) is 21.5. The third-order valence-corrected chi connectivity index (χ3v) is 7.31. The number of phenols is 1. The quantitative estimate of drug-likeness (QED) is 0.559. The van der Waals surface area contributed by atoms with E-state index in [0.29, 0.717) is 24.6 Å². The third kappa shape index (κ3) is 4.74. The van der Waals surface area contributed by atoms with Gasteiger partial charge in [-0.1, -0.05) is 24.3 Å². The smallest absolute Gasteiger partial charge is 0.318 e. The predicted octanol–water partition coefficient (Wildman–Crippen LogP) is 4.60. The van der Waals surface area contributed by atoms with E-state index in [0.717, 1.165) is 47.5 Å². The molecule has 1 fully saturated rings. The van der Waals surface area contributed by atoms with Gasteiger partial charge in [0, 0.05) is 47.9 Å². The van der Waals surface area contributed by atoms with E-state index in [4.69, 9.17) is 14.7 Å². The highest BCUT2D eigenvalue weighted by Crippen LogP contribution is 2.38. The maximum Gasteiger partial charge on any atom is 0.318 e. The van der Waals surface area contributed by atoms with Crippen molar-refractivity contribution in [1.29, 1.82) is 0 Å². The van der Waals surface area contributed by atoms with E-state index in [1.807, 2.05) is 38.4 Å². The highest BCUT2D eigenvalue weighted by Gasteiger charge is 2.34. The Hall–Kier alpha value is -3.06. The van der Waals surface area contributed by atoms with Crippen LogP contribution in [0.15, 0.2) is 36.4 Å². The van der Waals surface area contributed by atoms with E-state index in [2.05, 4.69) is 47.6 Å². The van der Waals surface area contributed by atoms with E-state index < -0.39 is 0 Å². The molecule has 0 saturated carbocycles. The molecular formula is C28H37N5O2. The fourth-order valence-corrected chi connectivity index (χ4v) is 5.74. The van der Waals surface area contributed by atoms with Crippen molar-refractivity contribution < 1.29 is 9.84 Å². The summed E-state index contributed by atoms with van der Waals surface area (Å²) in [4.78, 5) is 16.8. The molecule has 2 aliphatic heterocycles. The van der Waals surface area contributed by atoms with Crippen LogP contribution in [0.25, 0.3) is 10.8 Å². The van der Waals surface area contributed by atoms with Crippen molar-refractivity contribution in [3.05, 3.63) is 47.7 Å². The van der Waals surface area contributed by atoms with Gasteiger partial charge in [-0.3, -0.25) is 0 Å². The zero-order chi connectivity index (χ0) is 24.7. The molecule has 2 aliphatic rings. The summed E-state index contributed by atoms with van der Waals surface area (Å²) in [5, 5.41) is 12.6. The second kappa shape index (κ2) is 9.53. The predicted molar refractivity (Wildman–Crippen MR) is 142 cm³/mol. The molecule has 0 amide bonds. The van der Waals surface area contributed by atoms with Gasteiger partial charge in [-0.25, -0.2) is 0 Å². The number of aromatic nitrogens is 2. The molecule has 3 atom stereocenters. The highest BCUT2D eigenvalue weighted by molar-refractivity contribution is 5.95. The van der Waals surface area contributed by atoms with Crippen LogP contribution in [0.1, 0.15) is 44.9 Å². The lowest BCUT2D eigenvalue weighted by Crippen LogP contribution is -2.38. The number of benzene rings is 2. The number of hydrogen-bond donors (Lipinski definition) is 1. The number of likely N-dealkylation sites (N-methyl/N-ethyl adjacent to an activating group) is 1. The van der Waals surface area contributed by atoms with Crippen LogP contribution in [0.4, 0.5) is 11.5 Å². The van der Waals surface area contributed by atoms with Gasteiger partial charge in [-0.15, -0.1) is 0 Å². The van der Waals surface area contributed by atoms with Gasteiger partial charge in [0.1, 0.15) is 17.7 Å². The monoisotopic (exact) mass is 475 g/mol. The van der Waals surface area contributed by atoms with E-state index in [9.17, 15) is 5.11 Å². The SMILES string of the molecule is CC(CN(C)C)Oc1nc2c(c(N3C(C)CCC3C)n1)CCN(c1cc(O)cc3ccccc13)C2.